The first-order valence-corrected chi connectivity index (χ1v) is 9.11. The van der Waals surface area contributed by atoms with E-state index in [9.17, 15) is 9.59 Å². The zero-order valence-corrected chi connectivity index (χ0v) is 16.0. The molecule has 8 heteroatoms. The fourth-order valence-electron chi connectivity index (χ4n) is 3.09. The third kappa shape index (κ3) is 3.47. The molecule has 2 N–H and O–H groups in total. The Balaban J connectivity index is 1.59. The maximum Gasteiger partial charge on any atom is 0.288 e. The molecular weight excluding hydrogens is 370 g/mol. The number of pyridine rings is 1. The first kappa shape index (κ1) is 18.4. The number of anilines is 1. The second-order valence-corrected chi connectivity index (χ2v) is 6.34. The van der Waals surface area contributed by atoms with Crippen molar-refractivity contribution in [2.75, 3.05) is 12.5 Å². The Hall–Kier alpha value is -3.94. The molecule has 1 amide bonds. The zero-order chi connectivity index (χ0) is 20.4. The molecule has 0 spiro atoms. The third-order valence-corrected chi connectivity index (χ3v) is 4.59. The lowest BCUT2D eigenvalue weighted by molar-refractivity contribution is 0.0957. The number of hydrogen-bond acceptors (Lipinski definition) is 6. The maximum atomic E-state index is 12.6. The van der Waals surface area contributed by atoms with Crippen molar-refractivity contribution in [2.24, 2.45) is 0 Å². The number of aromatic nitrogens is 3. The second kappa shape index (κ2) is 7.59. The highest BCUT2D eigenvalue weighted by Gasteiger charge is 2.12. The predicted molar refractivity (Wildman–Crippen MR) is 111 cm³/mol. The molecule has 0 saturated heterocycles. The van der Waals surface area contributed by atoms with Gasteiger partial charge in [-0.2, -0.15) is 0 Å². The molecule has 2 heterocycles. The van der Waals surface area contributed by atoms with E-state index < -0.39 is 5.91 Å². The van der Waals surface area contributed by atoms with Gasteiger partial charge in [-0.3, -0.25) is 25.0 Å². The fraction of sp³-hybridized carbons (Fsp3) is 0.143. The summed E-state index contributed by atoms with van der Waals surface area (Å²) in [6, 6.07) is 15.9. The average molecular weight is 389 g/mol. The van der Waals surface area contributed by atoms with Gasteiger partial charge in [0, 0.05) is 11.9 Å². The highest BCUT2D eigenvalue weighted by atomic mass is 16.5. The minimum Gasteiger partial charge on any atom is -0.497 e. The molecule has 0 radical (unpaired) electrons. The van der Waals surface area contributed by atoms with Crippen molar-refractivity contribution in [3.8, 4) is 5.75 Å². The van der Waals surface area contributed by atoms with E-state index in [0.29, 0.717) is 23.0 Å². The average Bonchev–Trinajstić information content (AvgIpc) is 2.76. The van der Waals surface area contributed by atoms with Crippen molar-refractivity contribution in [1.29, 1.82) is 0 Å². The van der Waals surface area contributed by atoms with Crippen molar-refractivity contribution in [3.63, 3.8) is 0 Å². The highest BCUT2D eigenvalue weighted by molar-refractivity contribution is 5.95. The number of amides is 1. The molecule has 0 aliphatic carbocycles. The van der Waals surface area contributed by atoms with Gasteiger partial charge in [-0.1, -0.05) is 18.2 Å². The number of benzene rings is 2. The number of methoxy groups -OCH3 is 1. The monoisotopic (exact) mass is 389 g/mol. The smallest absolute Gasteiger partial charge is 0.288 e. The van der Waals surface area contributed by atoms with Crippen LogP contribution in [0, 0.1) is 0 Å². The number of hydrogen-bond donors (Lipinski definition) is 2. The zero-order valence-electron chi connectivity index (χ0n) is 16.0. The van der Waals surface area contributed by atoms with Gasteiger partial charge in [-0.05, 0) is 43.3 Å². The summed E-state index contributed by atoms with van der Waals surface area (Å²) in [5.41, 5.74) is 6.62. The number of nitrogens with one attached hydrogen (secondary N) is 2. The molecule has 0 unspecified atom stereocenters. The summed E-state index contributed by atoms with van der Waals surface area (Å²) in [5, 5.41) is 1.39. The maximum absolute atomic E-state index is 12.6. The summed E-state index contributed by atoms with van der Waals surface area (Å²) < 4.78 is 6.66. The Morgan fingerprint density at radius 1 is 1.07 bits per heavy atom. The van der Waals surface area contributed by atoms with E-state index in [4.69, 9.17) is 4.74 Å². The normalized spacial score (nSPS) is 10.8. The van der Waals surface area contributed by atoms with E-state index >= 15 is 0 Å². The van der Waals surface area contributed by atoms with Crippen LogP contribution in [0.25, 0.3) is 21.8 Å². The predicted octanol–water partition coefficient (Wildman–Crippen LogP) is 2.73. The number of fused-ring (bicyclic) bond motifs is 2. The number of nitrogens with zero attached hydrogens (tertiary/aromatic N) is 3. The molecule has 4 aromatic rings. The molecular formula is C21H19N5O3. The van der Waals surface area contributed by atoms with Gasteiger partial charge in [-0.15, -0.1) is 0 Å². The number of ether oxygens (including phenoxy) is 1. The van der Waals surface area contributed by atoms with Crippen LogP contribution in [0.2, 0.25) is 0 Å². The van der Waals surface area contributed by atoms with Gasteiger partial charge < -0.3 is 4.74 Å². The van der Waals surface area contributed by atoms with Gasteiger partial charge in [0.25, 0.3) is 11.5 Å². The van der Waals surface area contributed by atoms with Crippen LogP contribution in [0.15, 0.2) is 59.4 Å². The van der Waals surface area contributed by atoms with E-state index in [1.54, 1.807) is 55.6 Å². The quantitative estimate of drug-likeness (QED) is 0.509. The van der Waals surface area contributed by atoms with E-state index in [1.807, 2.05) is 13.0 Å². The van der Waals surface area contributed by atoms with Crippen LogP contribution in [0.1, 0.15) is 17.4 Å². The molecule has 146 valence electrons. The lowest BCUT2D eigenvalue weighted by Gasteiger charge is -2.14. The van der Waals surface area contributed by atoms with E-state index in [1.165, 1.54) is 4.57 Å². The Labute approximate surface area is 166 Å². The molecule has 0 bridgehead atoms. The summed E-state index contributed by atoms with van der Waals surface area (Å²) in [5.74, 6) is 0.543. The van der Waals surface area contributed by atoms with Gasteiger partial charge in [-0.25, -0.2) is 9.97 Å². The van der Waals surface area contributed by atoms with Gasteiger partial charge >= 0.3 is 0 Å². The Morgan fingerprint density at radius 2 is 1.90 bits per heavy atom. The number of carbonyl (C=O) groups excluding carboxylic acids is 1. The minimum absolute atomic E-state index is 0.173. The lowest BCUT2D eigenvalue weighted by atomic mass is 10.2. The molecule has 0 aliphatic rings. The third-order valence-electron chi connectivity index (χ3n) is 4.59. The lowest BCUT2D eigenvalue weighted by Crippen LogP contribution is -2.34. The number of rotatable bonds is 5. The summed E-state index contributed by atoms with van der Waals surface area (Å²) >= 11 is 0. The first-order chi connectivity index (χ1) is 14.1. The topological polar surface area (TPSA) is 98.1 Å². The van der Waals surface area contributed by atoms with E-state index in [2.05, 4.69) is 20.8 Å². The minimum atomic E-state index is -0.437. The Kier molecular flexibility index (Phi) is 4.82. The van der Waals surface area contributed by atoms with Crippen LogP contribution in [0.3, 0.4) is 0 Å². The van der Waals surface area contributed by atoms with Gasteiger partial charge in [0.1, 0.15) is 11.4 Å². The standard InChI is InChI=1S/C21H19N5O3/c1-3-26-20(28)15-6-4-5-7-17(15)23-21(26)25-24-19(27)18-10-8-13-12-14(29-2)9-11-16(13)22-18/h4-12H,3H2,1-2H3,(H,23,25)(H,24,27). The summed E-state index contributed by atoms with van der Waals surface area (Å²) in [6.07, 6.45) is 0. The summed E-state index contributed by atoms with van der Waals surface area (Å²) in [7, 11) is 1.60. The van der Waals surface area contributed by atoms with Crippen LogP contribution >= 0.6 is 0 Å². The number of hydrazine groups is 1. The van der Waals surface area contributed by atoms with Crippen LogP contribution in [-0.4, -0.2) is 27.6 Å². The molecule has 0 saturated carbocycles. The van der Waals surface area contributed by atoms with Crippen molar-refractivity contribution in [3.05, 3.63) is 70.6 Å². The number of para-hydroxylation sites is 1. The first-order valence-electron chi connectivity index (χ1n) is 9.11. The van der Waals surface area contributed by atoms with Crippen LogP contribution in [0.5, 0.6) is 5.75 Å². The molecule has 2 aromatic heterocycles. The molecule has 2 aromatic carbocycles. The SMILES string of the molecule is CCn1c(NNC(=O)c2ccc3cc(OC)ccc3n2)nc2ccccc2c1=O. The van der Waals surface area contributed by atoms with E-state index in [-0.39, 0.29) is 17.2 Å². The Morgan fingerprint density at radius 3 is 2.69 bits per heavy atom. The van der Waals surface area contributed by atoms with Crippen LogP contribution in [0.4, 0.5) is 5.95 Å². The largest absolute Gasteiger partial charge is 0.497 e. The van der Waals surface area contributed by atoms with Gasteiger partial charge in [0.2, 0.25) is 5.95 Å². The number of carbonyl (C=O) groups is 1. The summed E-state index contributed by atoms with van der Waals surface area (Å²) in [6.45, 7) is 2.24. The van der Waals surface area contributed by atoms with Crippen molar-refractivity contribution in [1.82, 2.24) is 20.0 Å². The molecule has 0 fully saturated rings. The fourth-order valence-corrected chi connectivity index (χ4v) is 3.09. The van der Waals surface area contributed by atoms with Gasteiger partial charge in [0.15, 0.2) is 0 Å². The Bertz CT molecular complexity index is 1280. The summed E-state index contributed by atoms with van der Waals surface area (Å²) in [4.78, 5) is 34.0. The molecule has 8 nitrogen and oxygen atoms in total. The van der Waals surface area contributed by atoms with Crippen molar-refractivity contribution >= 4 is 33.7 Å². The van der Waals surface area contributed by atoms with Gasteiger partial charge in [0.05, 0.1) is 23.5 Å². The molecule has 29 heavy (non-hydrogen) atoms. The molecule has 0 atom stereocenters. The van der Waals surface area contributed by atoms with Crippen LogP contribution < -0.4 is 21.1 Å². The van der Waals surface area contributed by atoms with Crippen LogP contribution in [-0.2, 0) is 6.54 Å². The second-order valence-electron chi connectivity index (χ2n) is 6.34. The van der Waals surface area contributed by atoms with Crippen molar-refractivity contribution in [2.45, 2.75) is 13.5 Å². The highest BCUT2D eigenvalue weighted by Crippen LogP contribution is 2.19. The molecule has 4 rings (SSSR count). The van der Waals surface area contributed by atoms with E-state index in [0.717, 1.165) is 11.1 Å². The van der Waals surface area contributed by atoms with Crippen molar-refractivity contribution < 1.29 is 9.53 Å². The molecule has 0 aliphatic heterocycles.